The van der Waals surface area contributed by atoms with Crippen LogP contribution in [0, 0.1) is 0 Å². The van der Waals surface area contributed by atoms with Crippen LogP contribution in [0.2, 0.25) is 0 Å². The molecule has 7 heteroatoms. The molecule has 0 saturated heterocycles. The zero-order valence-electron chi connectivity index (χ0n) is 15.0. The molecule has 0 radical (unpaired) electrons. The Morgan fingerprint density at radius 2 is 1.70 bits per heavy atom. The average Bonchev–Trinajstić information content (AvgIpc) is 2.60. The molecule has 27 heavy (non-hydrogen) atoms. The highest BCUT2D eigenvalue weighted by Crippen LogP contribution is 2.31. The van der Waals surface area contributed by atoms with Gasteiger partial charge in [-0.05, 0) is 55.5 Å². The summed E-state index contributed by atoms with van der Waals surface area (Å²) in [5.74, 6) is -0.346. The first-order valence-electron chi connectivity index (χ1n) is 8.13. The van der Waals surface area contributed by atoms with Gasteiger partial charge >= 0.3 is 6.18 Å². The summed E-state index contributed by atoms with van der Waals surface area (Å²) in [4.78, 5) is 18.3. The molecular weight excluding hydrogens is 357 g/mol. The van der Waals surface area contributed by atoms with E-state index in [1.807, 2.05) is 31.1 Å². The number of carbonyl (C=O) groups excluding carboxylic acids is 1. The minimum Gasteiger partial charge on any atom is -0.438 e. The molecule has 1 heterocycles. The molecule has 0 spiro atoms. The van der Waals surface area contributed by atoms with Crippen LogP contribution in [0.1, 0.15) is 22.8 Å². The number of anilines is 1. The molecular formula is C20H17F3N2O2. The predicted molar refractivity (Wildman–Crippen MR) is 97.2 cm³/mol. The number of hydrogen-bond donors (Lipinski definition) is 0. The average molecular weight is 374 g/mol. The summed E-state index contributed by atoms with van der Waals surface area (Å²) in [6, 6.07) is 11.8. The summed E-state index contributed by atoms with van der Waals surface area (Å²) >= 11 is 0. The third-order valence-corrected chi connectivity index (χ3v) is 4.05. The summed E-state index contributed by atoms with van der Waals surface area (Å²) in [5, 5.41) is 0.192. The van der Waals surface area contributed by atoms with E-state index in [2.05, 4.69) is 4.99 Å². The largest absolute Gasteiger partial charge is 0.438 e. The first kappa shape index (κ1) is 18.7. The van der Waals surface area contributed by atoms with Gasteiger partial charge in [0, 0.05) is 25.2 Å². The van der Waals surface area contributed by atoms with Crippen molar-refractivity contribution in [3.8, 4) is 0 Å². The van der Waals surface area contributed by atoms with E-state index in [0.29, 0.717) is 5.69 Å². The molecule has 140 valence electrons. The zero-order chi connectivity index (χ0) is 19.8. The Morgan fingerprint density at radius 1 is 1.04 bits per heavy atom. The number of Topliss-reactive ketones (excluding diaryl/α,β-unsaturated/α-hetero) is 1. The number of alkyl halides is 3. The van der Waals surface area contributed by atoms with Gasteiger partial charge in [0.05, 0.1) is 16.8 Å². The SMILES string of the molecule is CC(=O)c1cc2cc(C(F)(F)F)ccc2o/c1=N\c1ccc(N(C)C)cc1. The van der Waals surface area contributed by atoms with Crippen molar-refractivity contribution >= 4 is 28.1 Å². The third kappa shape index (κ3) is 4.02. The Bertz CT molecular complexity index is 1070. The van der Waals surface area contributed by atoms with E-state index in [9.17, 15) is 18.0 Å². The van der Waals surface area contributed by atoms with E-state index in [4.69, 9.17) is 4.42 Å². The quantitative estimate of drug-likeness (QED) is 0.609. The van der Waals surface area contributed by atoms with E-state index in [0.717, 1.165) is 17.8 Å². The lowest BCUT2D eigenvalue weighted by molar-refractivity contribution is -0.137. The van der Waals surface area contributed by atoms with Crippen molar-refractivity contribution < 1.29 is 22.4 Å². The van der Waals surface area contributed by atoms with Crippen molar-refractivity contribution in [1.82, 2.24) is 0 Å². The number of halogens is 3. The Morgan fingerprint density at radius 3 is 2.26 bits per heavy atom. The summed E-state index contributed by atoms with van der Waals surface area (Å²) in [7, 11) is 3.82. The summed E-state index contributed by atoms with van der Waals surface area (Å²) in [6.07, 6.45) is -4.47. The van der Waals surface area contributed by atoms with Crippen LogP contribution in [0.3, 0.4) is 0 Å². The van der Waals surface area contributed by atoms with Crippen LogP contribution in [0.4, 0.5) is 24.5 Å². The number of hydrogen-bond acceptors (Lipinski definition) is 4. The van der Waals surface area contributed by atoms with E-state index in [-0.39, 0.29) is 27.9 Å². The van der Waals surface area contributed by atoms with Crippen molar-refractivity contribution in [1.29, 1.82) is 0 Å². The molecule has 0 saturated carbocycles. The number of benzene rings is 2. The van der Waals surface area contributed by atoms with Gasteiger partial charge in [0.1, 0.15) is 5.58 Å². The lowest BCUT2D eigenvalue weighted by atomic mass is 10.1. The molecule has 4 nitrogen and oxygen atoms in total. The van der Waals surface area contributed by atoms with Gasteiger partial charge in [-0.15, -0.1) is 0 Å². The summed E-state index contributed by atoms with van der Waals surface area (Å²) in [6.45, 7) is 1.32. The Balaban J connectivity index is 2.16. The van der Waals surface area contributed by atoms with Crippen LogP contribution in [-0.4, -0.2) is 19.9 Å². The Kier molecular flexibility index (Phi) is 4.78. The third-order valence-electron chi connectivity index (χ3n) is 4.05. The van der Waals surface area contributed by atoms with Gasteiger partial charge in [0.2, 0.25) is 5.55 Å². The van der Waals surface area contributed by atoms with E-state index >= 15 is 0 Å². The van der Waals surface area contributed by atoms with Gasteiger partial charge in [-0.3, -0.25) is 4.79 Å². The molecule has 0 aliphatic rings. The molecule has 0 aliphatic heterocycles. The fourth-order valence-corrected chi connectivity index (χ4v) is 2.58. The molecule has 2 aromatic carbocycles. The van der Waals surface area contributed by atoms with Crippen LogP contribution in [0.25, 0.3) is 11.0 Å². The molecule has 0 atom stereocenters. The standard InChI is InChI=1S/C20H17F3N2O2/c1-12(26)17-11-13-10-14(20(21,22)23)4-9-18(13)27-19(17)24-15-5-7-16(8-6-15)25(2)3/h4-11H,1-3H3/b24-19-. The molecule has 0 bridgehead atoms. The van der Waals surface area contributed by atoms with E-state index in [1.165, 1.54) is 19.1 Å². The van der Waals surface area contributed by atoms with Crippen LogP contribution >= 0.6 is 0 Å². The monoisotopic (exact) mass is 374 g/mol. The predicted octanol–water partition coefficient (Wildman–Crippen LogP) is 4.95. The summed E-state index contributed by atoms with van der Waals surface area (Å²) < 4.78 is 44.4. The van der Waals surface area contributed by atoms with Gasteiger partial charge < -0.3 is 9.32 Å². The Labute approximate surface area is 153 Å². The highest BCUT2D eigenvalue weighted by molar-refractivity contribution is 5.96. The number of fused-ring (bicyclic) bond motifs is 1. The van der Waals surface area contributed by atoms with Crippen LogP contribution in [0.5, 0.6) is 0 Å². The van der Waals surface area contributed by atoms with Crippen LogP contribution in [-0.2, 0) is 6.18 Å². The highest BCUT2D eigenvalue weighted by Gasteiger charge is 2.30. The second-order valence-electron chi connectivity index (χ2n) is 6.29. The highest BCUT2D eigenvalue weighted by atomic mass is 19.4. The van der Waals surface area contributed by atoms with E-state index in [1.54, 1.807) is 12.1 Å². The first-order chi connectivity index (χ1) is 12.6. The van der Waals surface area contributed by atoms with Crippen molar-refractivity contribution in [2.75, 3.05) is 19.0 Å². The maximum Gasteiger partial charge on any atom is 0.416 e. The normalized spacial score (nSPS) is 12.4. The molecule has 3 aromatic rings. The van der Waals surface area contributed by atoms with Crippen molar-refractivity contribution in [2.24, 2.45) is 4.99 Å². The lowest BCUT2D eigenvalue weighted by Gasteiger charge is -2.11. The number of nitrogens with zero attached hydrogens (tertiary/aromatic N) is 2. The molecule has 0 unspecified atom stereocenters. The van der Waals surface area contributed by atoms with E-state index < -0.39 is 11.7 Å². The minimum atomic E-state index is -4.47. The number of ketones is 1. The van der Waals surface area contributed by atoms with Gasteiger partial charge in [0.15, 0.2) is 5.78 Å². The fourth-order valence-electron chi connectivity index (χ4n) is 2.58. The minimum absolute atomic E-state index is 0.0624. The molecule has 0 aliphatic carbocycles. The molecule has 0 fully saturated rings. The second kappa shape index (κ2) is 6.90. The molecule has 1 aromatic heterocycles. The smallest absolute Gasteiger partial charge is 0.416 e. The second-order valence-corrected chi connectivity index (χ2v) is 6.29. The fraction of sp³-hybridized carbons (Fsp3) is 0.200. The number of carbonyl (C=O) groups is 1. The van der Waals surface area contributed by atoms with Crippen molar-refractivity contribution in [3.05, 3.63) is 65.2 Å². The van der Waals surface area contributed by atoms with Gasteiger partial charge in [-0.2, -0.15) is 13.2 Å². The first-order valence-corrected chi connectivity index (χ1v) is 8.13. The van der Waals surface area contributed by atoms with Crippen molar-refractivity contribution in [3.63, 3.8) is 0 Å². The van der Waals surface area contributed by atoms with Crippen LogP contribution < -0.4 is 10.5 Å². The molecule has 0 amide bonds. The number of rotatable bonds is 3. The maximum atomic E-state index is 12.9. The van der Waals surface area contributed by atoms with Gasteiger partial charge in [0.25, 0.3) is 0 Å². The zero-order valence-corrected chi connectivity index (χ0v) is 15.0. The van der Waals surface area contributed by atoms with Gasteiger partial charge in [-0.25, -0.2) is 4.99 Å². The molecule has 3 rings (SSSR count). The van der Waals surface area contributed by atoms with Crippen molar-refractivity contribution in [2.45, 2.75) is 13.1 Å². The lowest BCUT2D eigenvalue weighted by Crippen LogP contribution is -2.13. The maximum absolute atomic E-state index is 12.9. The van der Waals surface area contributed by atoms with Gasteiger partial charge in [-0.1, -0.05) is 0 Å². The topological polar surface area (TPSA) is 45.8 Å². The summed E-state index contributed by atoms with van der Waals surface area (Å²) in [5.41, 5.74) is 1.15. The molecule has 0 N–H and O–H groups in total. The Hall–Kier alpha value is -3.09. The van der Waals surface area contributed by atoms with Crippen LogP contribution in [0.15, 0.2) is 57.9 Å².